The van der Waals surface area contributed by atoms with Gasteiger partial charge in [-0.3, -0.25) is 0 Å². The standard InChI is InChI=1S/C7H10N2S/c10-5-1-2-7-3-4-8-6-9-7/h3-4,6,10H,1-2,5H2. The summed E-state index contributed by atoms with van der Waals surface area (Å²) in [5.74, 6) is 0.921. The fourth-order valence-electron chi connectivity index (χ4n) is 0.726. The van der Waals surface area contributed by atoms with E-state index in [-0.39, 0.29) is 0 Å². The minimum absolute atomic E-state index is 0.921. The summed E-state index contributed by atoms with van der Waals surface area (Å²) in [4.78, 5) is 7.89. The first-order valence-electron chi connectivity index (χ1n) is 3.29. The summed E-state index contributed by atoms with van der Waals surface area (Å²) < 4.78 is 0. The molecule has 0 aliphatic heterocycles. The zero-order chi connectivity index (χ0) is 7.23. The van der Waals surface area contributed by atoms with Crippen LogP contribution in [0.25, 0.3) is 0 Å². The van der Waals surface area contributed by atoms with Gasteiger partial charge in [0.1, 0.15) is 6.33 Å². The molecule has 0 aromatic carbocycles. The van der Waals surface area contributed by atoms with Crippen LogP contribution in [-0.4, -0.2) is 15.7 Å². The number of aromatic nitrogens is 2. The van der Waals surface area contributed by atoms with E-state index < -0.39 is 0 Å². The van der Waals surface area contributed by atoms with Crippen molar-refractivity contribution in [2.75, 3.05) is 5.75 Å². The molecule has 0 bridgehead atoms. The monoisotopic (exact) mass is 154 g/mol. The summed E-state index contributed by atoms with van der Waals surface area (Å²) in [5.41, 5.74) is 1.10. The Morgan fingerprint density at radius 3 is 3.00 bits per heavy atom. The van der Waals surface area contributed by atoms with Crippen LogP contribution in [-0.2, 0) is 6.42 Å². The summed E-state index contributed by atoms with van der Waals surface area (Å²) in [6.45, 7) is 0. The number of rotatable bonds is 3. The predicted molar refractivity (Wildman–Crippen MR) is 44.2 cm³/mol. The molecular weight excluding hydrogens is 144 g/mol. The van der Waals surface area contributed by atoms with Crippen molar-refractivity contribution in [2.24, 2.45) is 0 Å². The Bertz CT molecular complexity index is 176. The van der Waals surface area contributed by atoms with E-state index in [2.05, 4.69) is 22.6 Å². The summed E-state index contributed by atoms with van der Waals surface area (Å²) in [6.07, 6.45) is 5.43. The third-order valence-corrected chi connectivity index (χ3v) is 1.55. The molecule has 0 saturated heterocycles. The third-order valence-electron chi connectivity index (χ3n) is 1.23. The lowest BCUT2D eigenvalue weighted by molar-refractivity contribution is 0.882. The van der Waals surface area contributed by atoms with Crippen molar-refractivity contribution in [1.29, 1.82) is 0 Å². The highest BCUT2D eigenvalue weighted by Gasteiger charge is 1.89. The van der Waals surface area contributed by atoms with Gasteiger partial charge >= 0.3 is 0 Å². The average molecular weight is 154 g/mol. The van der Waals surface area contributed by atoms with Crippen molar-refractivity contribution in [1.82, 2.24) is 9.97 Å². The smallest absolute Gasteiger partial charge is 0.115 e. The van der Waals surface area contributed by atoms with Crippen LogP contribution in [0.4, 0.5) is 0 Å². The molecule has 1 aromatic heterocycles. The molecular formula is C7H10N2S. The van der Waals surface area contributed by atoms with Crippen LogP contribution in [0.1, 0.15) is 12.1 Å². The Morgan fingerprint density at radius 2 is 2.40 bits per heavy atom. The summed E-state index contributed by atoms with van der Waals surface area (Å²) in [6, 6.07) is 1.93. The normalized spacial score (nSPS) is 9.70. The molecule has 0 unspecified atom stereocenters. The Kier molecular flexibility index (Phi) is 3.22. The second kappa shape index (κ2) is 4.28. The van der Waals surface area contributed by atoms with Crippen LogP contribution in [0.3, 0.4) is 0 Å². The van der Waals surface area contributed by atoms with Gasteiger partial charge in [0.05, 0.1) is 0 Å². The summed E-state index contributed by atoms with van der Waals surface area (Å²) >= 11 is 4.11. The number of hydrogen-bond donors (Lipinski definition) is 1. The van der Waals surface area contributed by atoms with Crippen molar-refractivity contribution in [2.45, 2.75) is 12.8 Å². The van der Waals surface area contributed by atoms with Crippen molar-refractivity contribution in [3.05, 3.63) is 24.3 Å². The predicted octanol–water partition coefficient (Wildman–Crippen LogP) is 1.34. The average Bonchev–Trinajstić information content (AvgIpc) is 2.03. The van der Waals surface area contributed by atoms with Gasteiger partial charge in [-0.2, -0.15) is 12.6 Å². The van der Waals surface area contributed by atoms with Crippen LogP contribution in [0.5, 0.6) is 0 Å². The zero-order valence-corrected chi connectivity index (χ0v) is 6.59. The van der Waals surface area contributed by atoms with Gasteiger partial charge < -0.3 is 0 Å². The molecule has 2 nitrogen and oxygen atoms in total. The van der Waals surface area contributed by atoms with Crippen LogP contribution in [0, 0.1) is 0 Å². The van der Waals surface area contributed by atoms with E-state index in [9.17, 15) is 0 Å². The summed E-state index contributed by atoms with van der Waals surface area (Å²) in [5, 5.41) is 0. The highest BCUT2D eigenvalue weighted by molar-refractivity contribution is 7.80. The molecule has 1 heterocycles. The molecule has 0 radical (unpaired) electrons. The lowest BCUT2D eigenvalue weighted by Crippen LogP contribution is -1.90. The van der Waals surface area contributed by atoms with E-state index in [1.807, 2.05) is 6.07 Å². The van der Waals surface area contributed by atoms with Gasteiger partial charge in [0.25, 0.3) is 0 Å². The molecule has 1 aromatic rings. The first-order chi connectivity index (χ1) is 4.93. The Morgan fingerprint density at radius 1 is 1.50 bits per heavy atom. The van der Waals surface area contributed by atoms with Crippen LogP contribution >= 0.6 is 12.6 Å². The SMILES string of the molecule is SCCCc1ccncn1. The maximum Gasteiger partial charge on any atom is 0.115 e. The van der Waals surface area contributed by atoms with E-state index in [1.54, 1.807) is 12.5 Å². The molecule has 0 atom stereocenters. The Labute approximate surface area is 66.1 Å². The molecule has 0 spiro atoms. The van der Waals surface area contributed by atoms with Crippen molar-refractivity contribution < 1.29 is 0 Å². The van der Waals surface area contributed by atoms with E-state index >= 15 is 0 Å². The minimum atomic E-state index is 0.921. The highest BCUT2D eigenvalue weighted by atomic mass is 32.1. The molecule has 1 rings (SSSR count). The van der Waals surface area contributed by atoms with Gasteiger partial charge in [0.15, 0.2) is 0 Å². The molecule has 54 valence electrons. The molecule has 0 N–H and O–H groups in total. The third kappa shape index (κ3) is 2.35. The topological polar surface area (TPSA) is 25.8 Å². The van der Waals surface area contributed by atoms with Gasteiger partial charge in [-0.1, -0.05) is 0 Å². The Balaban J connectivity index is 2.43. The molecule has 0 fully saturated rings. The number of nitrogens with zero attached hydrogens (tertiary/aromatic N) is 2. The molecule has 0 aliphatic rings. The number of thiol groups is 1. The summed E-state index contributed by atoms with van der Waals surface area (Å²) in [7, 11) is 0. The molecule has 3 heteroatoms. The van der Waals surface area contributed by atoms with Crippen LogP contribution in [0.15, 0.2) is 18.6 Å². The van der Waals surface area contributed by atoms with Gasteiger partial charge in [-0.05, 0) is 24.7 Å². The van der Waals surface area contributed by atoms with Crippen molar-refractivity contribution in [3.8, 4) is 0 Å². The largest absolute Gasteiger partial charge is 0.245 e. The van der Waals surface area contributed by atoms with Crippen LogP contribution < -0.4 is 0 Å². The number of aryl methyl sites for hydroxylation is 1. The molecule has 0 aliphatic carbocycles. The fraction of sp³-hybridized carbons (Fsp3) is 0.429. The van der Waals surface area contributed by atoms with Gasteiger partial charge in [-0.25, -0.2) is 9.97 Å². The molecule has 10 heavy (non-hydrogen) atoms. The molecule has 0 amide bonds. The van der Waals surface area contributed by atoms with Crippen LogP contribution in [0.2, 0.25) is 0 Å². The van der Waals surface area contributed by atoms with Gasteiger partial charge in [-0.15, -0.1) is 0 Å². The van der Waals surface area contributed by atoms with Gasteiger partial charge in [0, 0.05) is 11.9 Å². The van der Waals surface area contributed by atoms with E-state index in [4.69, 9.17) is 0 Å². The maximum atomic E-state index is 4.11. The maximum absolute atomic E-state index is 4.11. The lowest BCUT2D eigenvalue weighted by Gasteiger charge is -1.94. The lowest BCUT2D eigenvalue weighted by atomic mass is 10.2. The highest BCUT2D eigenvalue weighted by Crippen LogP contribution is 1.96. The Hall–Kier alpha value is -0.570. The minimum Gasteiger partial charge on any atom is -0.245 e. The van der Waals surface area contributed by atoms with Crippen molar-refractivity contribution >= 4 is 12.6 Å². The number of hydrogen-bond acceptors (Lipinski definition) is 3. The second-order valence-corrected chi connectivity index (χ2v) is 2.48. The second-order valence-electron chi connectivity index (χ2n) is 2.03. The van der Waals surface area contributed by atoms with E-state index in [0.717, 1.165) is 24.3 Å². The zero-order valence-electron chi connectivity index (χ0n) is 5.70. The quantitative estimate of drug-likeness (QED) is 0.665. The van der Waals surface area contributed by atoms with E-state index in [1.165, 1.54) is 0 Å². The van der Waals surface area contributed by atoms with E-state index in [0.29, 0.717) is 0 Å². The first-order valence-corrected chi connectivity index (χ1v) is 3.92. The van der Waals surface area contributed by atoms with Gasteiger partial charge in [0.2, 0.25) is 0 Å². The van der Waals surface area contributed by atoms with Crippen molar-refractivity contribution in [3.63, 3.8) is 0 Å². The first kappa shape index (κ1) is 7.54. The fourth-order valence-corrected chi connectivity index (χ4v) is 0.884. The molecule has 0 saturated carbocycles.